The number of hydrogen-bond acceptors (Lipinski definition) is 3. The number of aryl methyl sites for hydroxylation is 1. The zero-order valence-corrected chi connectivity index (χ0v) is 20.6. The molecule has 1 aliphatic carbocycles. The maximum absolute atomic E-state index is 13.2. The first-order valence-electron chi connectivity index (χ1n) is 11.4. The van der Waals surface area contributed by atoms with Gasteiger partial charge in [-0.3, -0.25) is 9.59 Å². The molecule has 32 heavy (non-hydrogen) atoms. The number of carbonyl (C=O) groups is 2. The number of thioether (sulfide) groups is 1. The van der Waals surface area contributed by atoms with Crippen molar-refractivity contribution < 1.29 is 9.59 Å². The van der Waals surface area contributed by atoms with Crippen molar-refractivity contribution in [1.29, 1.82) is 0 Å². The van der Waals surface area contributed by atoms with Crippen molar-refractivity contribution in [3.8, 4) is 0 Å². The largest absolute Gasteiger partial charge is 0.352 e. The molecule has 1 N–H and O–H groups in total. The minimum absolute atomic E-state index is 0.0473. The van der Waals surface area contributed by atoms with E-state index >= 15 is 0 Å². The van der Waals surface area contributed by atoms with Crippen molar-refractivity contribution in [1.82, 2.24) is 10.2 Å². The van der Waals surface area contributed by atoms with Gasteiger partial charge in [0.1, 0.15) is 6.04 Å². The number of nitrogens with zero attached hydrogens (tertiary/aromatic N) is 1. The van der Waals surface area contributed by atoms with Gasteiger partial charge < -0.3 is 10.2 Å². The summed E-state index contributed by atoms with van der Waals surface area (Å²) in [6.45, 7) is 4.21. The molecule has 0 unspecified atom stereocenters. The Morgan fingerprint density at radius 2 is 1.88 bits per heavy atom. The summed E-state index contributed by atoms with van der Waals surface area (Å²) in [4.78, 5) is 27.9. The van der Waals surface area contributed by atoms with Gasteiger partial charge in [-0.05, 0) is 43.9 Å². The summed E-state index contributed by atoms with van der Waals surface area (Å²) in [6, 6.07) is 15.5. The Morgan fingerprint density at radius 3 is 2.59 bits per heavy atom. The van der Waals surface area contributed by atoms with Crippen LogP contribution in [0.3, 0.4) is 0 Å². The minimum Gasteiger partial charge on any atom is -0.352 e. The van der Waals surface area contributed by atoms with Crippen LogP contribution < -0.4 is 5.32 Å². The van der Waals surface area contributed by atoms with Crippen molar-refractivity contribution in [2.75, 3.05) is 5.75 Å². The second-order valence-electron chi connectivity index (χ2n) is 8.61. The molecular formula is C26H33ClN2O2S. The monoisotopic (exact) mass is 472 g/mol. The summed E-state index contributed by atoms with van der Waals surface area (Å²) in [5.41, 5.74) is 3.26. The summed E-state index contributed by atoms with van der Waals surface area (Å²) >= 11 is 7.94. The summed E-state index contributed by atoms with van der Waals surface area (Å²) in [6.07, 6.45) is 5.57. The highest BCUT2D eigenvalue weighted by Gasteiger charge is 2.28. The SMILES string of the molecule is Cc1cccc(CSCC(=O)N(Cc2ccccc2Cl)[C@@H](C)C(=O)NC2CCCCC2)c1. The Bertz CT molecular complexity index is 914. The maximum atomic E-state index is 13.2. The van der Waals surface area contributed by atoms with E-state index in [9.17, 15) is 9.59 Å². The number of carbonyl (C=O) groups excluding carboxylic acids is 2. The molecule has 2 amide bonds. The fraction of sp³-hybridized carbons (Fsp3) is 0.462. The third-order valence-electron chi connectivity index (χ3n) is 5.99. The first-order chi connectivity index (χ1) is 15.4. The smallest absolute Gasteiger partial charge is 0.242 e. The molecule has 1 saturated carbocycles. The Balaban J connectivity index is 1.66. The molecule has 1 atom stereocenters. The van der Waals surface area contributed by atoms with Gasteiger partial charge in [0, 0.05) is 23.4 Å². The van der Waals surface area contributed by atoms with E-state index in [4.69, 9.17) is 11.6 Å². The van der Waals surface area contributed by atoms with Crippen molar-refractivity contribution in [2.45, 2.75) is 70.3 Å². The average Bonchev–Trinajstić information content (AvgIpc) is 2.78. The maximum Gasteiger partial charge on any atom is 0.242 e. The molecule has 0 spiro atoms. The molecule has 0 bridgehead atoms. The van der Waals surface area contributed by atoms with E-state index in [0.29, 0.717) is 17.3 Å². The number of halogens is 1. The zero-order chi connectivity index (χ0) is 22.9. The van der Waals surface area contributed by atoms with Crippen molar-refractivity contribution >= 4 is 35.2 Å². The average molecular weight is 473 g/mol. The van der Waals surface area contributed by atoms with Gasteiger partial charge in [-0.15, -0.1) is 11.8 Å². The summed E-state index contributed by atoms with van der Waals surface area (Å²) in [5.74, 6) is 0.949. The molecule has 4 nitrogen and oxygen atoms in total. The van der Waals surface area contributed by atoms with Gasteiger partial charge in [0.05, 0.1) is 5.75 Å². The Morgan fingerprint density at radius 1 is 1.12 bits per heavy atom. The first kappa shape index (κ1) is 24.7. The van der Waals surface area contributed by atoms with Crippen LogP contribution in [0.1, 0.15) is 55.7 Å². The minimum atomic E-state index is -0.555. The molecule has 6 heteroatoms. The Hall–Kier alpha value is -1.98. The zero-order valence-electron chi connectivity index (χ0n) is 19.0. The third kappa shape index (κ3) is 7.28. The van der Waals surface area contributed by atoms with Gasteiger partial charge >= 0.3 is 0 Å². The van der Waals surface area contributed by atoms with Crippen molar-refractivity contribution in [3.05, 3.63) is 70.2 Å². The topological polar surface area (TPSA) is 49.4 Å². The lowest BCUT2D eigenvalue weighted by atomic mass is 9.95. The van der Waals surface area contributed by atoms with E-state index in [0.717, 1.165) is 37.0 Å². The van der Waals surface area contributed by atoms with Crippen LogP contribution in [0, 0.1) is 6.92 Å². The molecule has 2 aromatic carbocycles. The summed E-state index contributed by atoms with van der Waals surface area (Å²) < 4.78 is 0. The number of rotatable bonds is 9. The Kier molecular flexibility index (Phi) is 9.49. The second-order valence-corrected chi connectivity index (χ2v) is 10.0. The molecule has 0 aliphatic heterocycles. The molecule has 0 aromatic heterocycles. The van der Waals surface area contributed by atoms with Crippen LogP contribution in [0.5, 0.6) is 0 Å². The van der Waals surface area contributed by atoms with Gasteiger partial charge in [0.2, 0.25) is 11.8 Å². The van der Waals surface area contributed by atoms with E-state index in [2.05, 4.69) is 30.4 Å². The lowest BCUT2D eigenvalue weighted by Gasteiger charge is -2.31. The molecule has 2 aromatic rings. The molecule has 1 fully saturated rings. The Labute approximate surface area is 201 Å². The fourth-order valence-electron chi connectivity index (χ4n) is 4.10. The number of nitrogens with one attached hydrogen (secondary N) is 1. The molecule has 1 aliphatic rings. The van der Waals surface area contributed by atoms with Crippen molar-refractivity contribution in [3.63, 3.8) is 0 Å². The van der Waals surface area contributed by atoms with Gasteiger partial charge in [0.15, 0.2) is 0 Å². The number of benzene rings is 2. The van der Waals surface area contributed by atoms with E-state index < -0.39 is 6.04 Å². The normalized spacial score (nSPS) is 15.2. The summed E-state index contributed by atoms with van der Waals surface area (Å²) in [5, 5.41) is 3.78. The van der Waals surface area contributed by atoms with Gasteiger partial charge in [-0.2, -0.15) is 0 Å². The van der Waals surface area contributed by atoms with E-state index in [-0.39, 0.29) is 17.9 Å². The summed E-state index contributed by atoms with van der Waals surface area (Å²) in [7, 11) is 0. The van der Waals surface area contributed by atoms with Crippen LogP contribution in [0.25, 0.3) is 0 Å². The van der Waals surface area contributed by atoms with Crippen LogP contribution in [0.4, 0.5) is 0 Å². The first-order valence-corrected chi connectivity index (χ1v) is 12.9. The van der Waals surface area contributed by atoms with E-state index in [1.807, 2.05) is 37.3 Å². The lowest BCUT2D eigenvalue weighted by Crippen LogP contribution is -2.50. The van der Waals surface area contributed by atoms with Crippen molar-refractivity contribution in [2.24, 2.45) is 0 Å². The van der Waals surface area contributed by atoms with Gasteiger partial charge in [-0.25, -0.2) is 0 Å². The van der Waals surface area contributed by atoms with E-state index in [1.165, 1.54) is 17.5 Å². The number of amides is 2. The molecule has 0 radical (unpaired) electrons. The highest BCUT2D eigenvalue weighted by atomic mass is 35.5. The van der Waals surface area contributed by atoms with Crippen LogP contribution in [-0.4, -0.2) is 34.6 Å². The van der Waals surface area contributed by atoms with Crippen LogP contribution >= 0.6 is 23.4 Å². The molecular weight excluding hydrogens is 440 g/mol. The molecule has 172 valence electrons. The quantitative estimate of drug-likeness (QED) is 0.505. The van der Waals surface area contributed by atoms with Gasteiger partial charge in [-0.1, -0.05) is 78.9 Å². The molecule has 0 saturated heterocycles. The lowest BCUT2D eigenvalue weighted by molar-refractivity contribution is -0.139. The predicted octanol–water partition coefficient (Wildman–Crippen LogP) is 5.75. The highest BCUT2D eigenvalue weighted by molar-refractivity contribution is 7.99. The standard InChI is InChI=1S/C26H33ClN2O2S/c1-19-9-8-10-21(15-19)17-32-18-25(30)29(16-22-11-6-7-14-24(22)27)20(2)26(31)28-23-12-4-3-5-13-23/h6-11,14-15,20,23H,3-5,12-13,16-18H2,1-2H3,(H,28,31)/t20-/m0/s1. The predicted molar refractivity (Wildman–Crippen MR) is 134 cm³/mol. The van der Waals surface area contributed by atoms with Gasteiger partial charge in [0.25, 0.3) is 0 Å². The third-order valence-corrected chi connectivity index (χ3v) is 7.35. The number of hydrogen-bond donors (Lipinski definition) is 1. The highest BCUT2D eigenvalue weighted by Crippen LogP contribution is 2.22. The fourth-order valence-corrected chi connectivity index (χ4v) is 5.16. The molecule has 0 heterocycles. The van der Waals surface area contributed by atoms with E-state index in [1.54, 1.807) is 16.7 Å². The van der Waals surface area contributed by atoms with Crippen LogP contribution in [-0.2, 0) is 21.9 Å². The molecule has 3 rings (SSSR count). The van der Waals surface area contributed by atoms with Crippen LogP contribution in [0.2, 0.25) is 5.02 Å². The van der Waals surface area contributed by atoms with Crippen LogP contribution in [0.15, 0.2) is 48.5 Å². The second kappa shape index (κ2) is 12.3.